The summed E-state index contributed by atoms with van der Waals surface area (Å²) in [6.07, 6.45) is 4.64. The summed E-state index contributed by atoms with van der Waals surface area (Å²) in [6.45, 7) is 13.5. The molecule has 3 aromatic rings. The number of anilines is 2. The van der Waals surface area contributed by atoms with Gasteiger partial charge in [-0.15, -0.1) is 0 Å². The zero-order chi connectivity index (χ0) is 21.3. The van der Waals surface area contributed by atoms with Crippen LogP contribution >= 0.6 is 0 Å². The van der Waals surface area contributed by atoms with Gasteiger partial charge in [0.15, 0.2) is 0 Å². The molecule has 0 aliphatic rings. The second-order valence-electron chi connectivity index (χ2n) is 8.18. The molecule has 0 atom stereocenters. The van der Waals surface area contributed by atoms with Crippen molar-refractivity contribution in [3.8, 4) is 11.1 Å². The number of hydrogen-bond acceptors (Lipinski definition) is 2. The van der Waals surface area contributed by atoms with E-state index in [9.17, 15) is 0 Å². The first-order chi connectivity index (χ1) is 14.7. The Morgan fingerprint density at radius 1 is 0.533 bits per heavy atom. The van der Waals surface area contributed by atoms with Crippen molar-refractivity contribution in [3.05, 3.63) is 60.7 Å². The van der Waals surface area contributed by atoms with Crippen LogP contribution in [0.25, 0.3) is 21.9 Å². The van der Waals surface area contributed by atoms with E-state index in [4.69, 9.17) is 0 Å². The average molecular weight is 403 g/mol. The van der Waals surface area contributed by atoms with E-state index in [-0.39, 0.29) is 0 Å². The molecule has 0 aliphatic heterocycles. The molecule has 0 amide bonds. The van der Waals surface area contributed by atoms with Gasteiger partial charge in [0.25, 0.3) is 0 Å². The summed E-state index contributed by atoms with van der Waals surface area (Å²) in [5.41, 5.74) is 5.46. The van der Waals surface area contributed by atoms with Crippen LogP contribution in [-0.2, 0) is 0 Å². The number of benzene rings is 3. The Hall–Kier alpha value is -2.48. The minimum absolute atomic E-state index is 1.09. The van der Waals surface area contributed by atoms with Crippen molar-refractivity contribution in [2.45, 2.75) is 53.4 Å². The van der Waals surface area contributed by atoms with E-state index in [1.807, 2.05) is 0 Å². The molecule has 0 heterocycles. The van der Waals surface area contributed by atoms with Gasteiger partial charge in [-0.05, 0) is 42.7 Å². The summed E-state index contributed by atoms with van der Waals surface area (Å²) < 4.78 is 0. The number of hydrogen-bond donors (Lipinski definition) is 0. The first-order valence-corrected chi connectivity index (χ1v) is 11.9. The minimum atomic E-state index is 1.09. The molecule has 0 radical (unpaired) electrons. The van der Waals surface area contributed by atoms with Crippen molar-refractivity contribution in [2.75, 3.05) is 36.0 Å². The van der Waals surface area contributed by atoms with Crippen LogP contribution in [0.3, 0.4) is 0 Å². The Labute approximate surface area is 183 Å². The molecular weight excluding hydrogens is 364 g/mol. The second-order valence-corrected chi connectivity index (χ2v) is 8.18. The quantitative estimate of drug-likeness (QED) is 0.323. The molecular formula is C28H38N2. The third kappa shape index (κ3) is 4.80. The fourth-order valence-corrected chi connectivity index (χ4v) is 4.55. The third-order valence-electron chi connectivity index (χ3n) is 5.72. The van der Waals surface area contributed by atoms with E-state index in [1.54, 1.807) is 0 Å². The molecule has 0 unspecified atom stereocenters. The van der Waals surface area contributed by atoms with Gasteiger partial charge in [0, 0.05) is 48.5 Å². The molecule has 3 aromatic carbocycles. The summed E-state index contributed by atoms with van der Waals surface area (Å²) in [5, 5.41) is 2.74. The van der Waals surface area contributed by atoms with Crippen molar-refractivity contribution in [3.63, 3.8) is 0 Å². The van der Waals surface area contributed by atoms with Crippen molar-refractivity contribution in [1.29, 1.82) is 0 Å². The van der Waals surface area contributed by atoms with Crippen molar-refractivity contribution < 1.29 is 0 Å². The maximum absolute atomic E-state index is 2.61. The van der Waals surface area contributed by atoms with E-state index >= 15 is 0 Å². The third-order valence-corrected chi connectivity index (χ3v) is 5.72. The summed E-state index contributed by atoms with van der Waals surface area (Å²) in [4.78, 5) is 5.20. The Bertz CT molecular complexity index is 905. The highest BCUT2D eigenvalue weighted by Crippen LogP contribution is 2.43. The highest BCUT2D eigenvalue weighted by molar-refractivity contribution is 6.09. The zero-order valence-electron chi connectivity index (χ0n) is 19.3. The first kappa shape index (κ1) is 22.2. The van der Waals surface area contributed by atoms with Gasteiger partial charge in [0.1, 0.15) is 0 Å². The van der Waals surface area contributed by atoms with Gasteiger partial charge < -0.3 is 9.80 Å². The standard InChI is InChI=1S/C28H38N2/c1-5-18-29(19-6-2)26-22-27(30(20-7-3)21-8-4)28(23-14-10-9-11-15-23)25-17-13-12-16-24(25)26/h9-17,22H,5-8,18-21H2,1-4H3. The van der Waals surface area contributed by atoms with Gasteiger partial charge in [-0.2, -0.15) is 0 Å². The predicted octanol–water partition coefficient (Wildman–Crippen LogP) is 7.76. The van der Waals surface area contributed by atoms with Crippen molar-refractivity contribution in [1.82, 2.24) is 0 Å². The number of fused-ring (bicyclic) bond motifs is 1. The van der Waals surface area contributed by atoms with Crippen molar-refractivity contribution in [2.24, 2.45) is 0 Å². The van der Waals surface area contributed by atoms with Crippen LogP contribution in [-0.4, -0.2) is 26.2 Å². The molecule has 30 heavy (non-hydrogen) atoms. The number of rotatable bonds is 11. The molecule has 0 saturated heterocycles. The monoisotopic (exact) mass is 402 g/mol. The fourth-order valence-electron chi connectivity index (χ4n) is 4.55. The highest BCUT2D eigenvalue weighted by atomic mass is 15.1. The van der Waals surface area contributed by atoms with Crippen LogP contribution in [0.5, 0.6) is 0 Å². The van der Waals surface area contributed by atoms with E-state index in [1.165, 1.54) is 33.3 Å². The van der Waals surface area contributed by atoms with Crippen LogP contribution in [0.2, 0.25) is 0 Å². The van der Waals surface area contributed by atoms with Crippen LogP contribution < -0.4 is 9.80 Å². The Morgan fingerprint density at radius 2 is 1.00 bits per heavy atom. The molecule has 0 spiro atoms. The van der Waals surface area contributed by atoms with Gasteiger partial charge in [-0.3, -0.25) is 0 Å². The van der Waals surface area contributed by atoms with Crippen LogP contribution in [0, 0.1) is 0 Å². The molecule has 0 bridgehead atoms. The SMILES string of the molecule is CCCN(CCC)c1cc(N(CCC)CCC)c2ccccc2c1-c1ccccc1. The molecule has 0 N–H and O–H groups in total. The van der Waals surface area contributed by atoms with E-state index in [2.05, 4.69) is 98.2 Å². The van der Waals surface area contributed by atoms with E-state index in [0.29, 0.717) is 0 Å². The highest BCUT2D eigenvalue weighted by Gasteiger charge is 2.20. The maximum atomic E-state index is 2.61. The maximum Gasteiger partial charge on any atom is 0.0473 e. The van der Waals surface area contributed by atoms with Gasteiger partial charge in [-0.25, -0.2) is 0 Å². The summed E-state index contributed by atoms with van der Waals surface area (Å²) in [7, 11) is 0. The summed E-state index contributed by atoms with van der Waals surface area (Å²) in [5.74, 6) is 0. The van der Waals surface area contributed by atoms with Gasteiger partial charge in [0.2, 0.25) is 0 Å². The van der Waals surface area contributed by atoms with E-state index < -0.39 is 0 Å². The smallest absolute Gasteiger partial charge is 0.0473 e. The zero-order valence-corrected chi connectivity index (χ0v) is 19.3. The lowest BCUT2D eigenvalue weighted by Crippen LogP contribution is -2.28. The Morgan fingerprint density at radius 3 is 1.53 bits per heavy atom. The molecule has 0 fully saturated rings. The largest absolute Gasteiger partial charge is 0.371 e. The van der Waals surface area contributed by atoms with Crippen LogP contribution in [0.4, 0.5) is 11.4 Å². The summed E-state index contributed by atoms with van der Waals surface area (Å²) >= 11 is 0. The minimum Gasteiger partial charge on any atom is -0.371 e. The molecule has 3 rings (SSSR count). The van der Waals surface area contributed by atoms with Crippen LogP contribution in [0.1, 0.15) is 53.4 Å². The topological polar surface area (TPSA) is 6.48 Å². The fraction of sp³-hybridized carbons (Fsp3) is 0.429. The van der Waals surface area contributed by atoms with Crippen LogP contribution in [0.15, 0.2) is 60.7 Å². The summed E-state index contributed by atoms with van der Waals surface area (Å²) in [6, 6.07) is 22.4. The van der Waals surface area contributed by atoms with E-state index in [0.717, 1.165) is 51.9 Å². The predicted molar refractivity (Wildman–Crippen MR) is 135 cm³/mol. The Kier molecular flexibility index (Phi) is 8.19. The number of nitrogens with zero attached hydrogens (tertiary/aromatic N) is 2. The lowest BCUT2D eigenvalue weighted by atomic mass is 9.93. The lowest BCUT2D eigenvalue weighted by Gasteiger charge is -2.32. The lowest BCUT2D eigenvalue weighted by molar-refractivity contribution is 0.738. The molecule has 2 heteroatoms. The molecule has 2 nitrogen and oxygen atoms in total. The molecule has 0 aliphatic carbocycles. The Balaban J connectivity index is 2.34. The molecule has 0 aromatic heterocycles. The second kappa shape index (κ2) is 11.1. The first-order valence-electron chi connectivity index (χ1n) is 11.9. The molecule has 0 saturated carbocycles. The van der Waals surface area contributed by atoms with Crippen molar-refractivity contribution >= 4 is 22.1 Å². The van der Waals surface area contributed by atoms with Gasteiger partial charge in [-0.1, -0.05) is 82.3 Å². The van der Waals surface area contributed by atoms with Gasteiger partial charge >= 0.3 is 0 Å². The average Bonchev–Trinajstić information content (AvgIpc) is 2.78. The normalized spacial score (nSPS) is 11.1. The molecule has 160 valence electrons. The van der Waals surface area contributed by atoms with Gasteiger partial charge in [0.05, 0.1) is 0 Å².